The number of anilines is 1. The Kier molecular flexibility index (Phi) is 5.18. The van der Waals surface area contributed by atoms with Gasteiger partial charge in [0.25, 0.3) is 5.91 Å². The van der Waals surface area contributed by atoms with Gasteiger partial charge in [0.1, 0.15) is 0 Å². The van der Waals surface area contributed by atoms with Crippen molar-refractivity contribution in [2.75, 3.05) is 24.7 Å². The molecule has 0 atom stereocenters. The summed E-state index contributed by atoms with van der Waals surface area (Å²) in [6, 6.07) is 11.9. The number of aromatic nitrogens is 2. The second kappa shape index (κ2) is 7.40. The minimum atomic E-state index is -3.21. The van der Waals surface area contributed by atoms with Gasteiger partial charge in [-0.2, -0.15) is 0 Å². The molecule has 142 valence electrons. The Bertz CT molecular complexity index is 1070. The topological polar surface area (TPSA) is 95.2 Å². The van der Waals surface area contributed by atoms with Gasteiger partial charge in [0.05, 0.1) is 21.7 Å². The fourth-order valence-corrected chi connectivity index (χ4v) is 3.50. The van der Waals surface area contributed by atoms with Gasteiger partial charge in [-0.15, -0.1) is 0 Å². The number of benzene rings is 2. The van der Waals surface area contributed by atoms with Crippen LogP contribution in [0.1, 0.15) is 22.8 Å². The predicted molar refractivity (Wildman–Crippen MR) is 106 cm³/mol. The SMILES string of the molecule is CCS(=O)(=O)c1ccc(CNC(=O)c2ccc3nc(N(C)C)[nH]c3c2)cc1. The second-order valence-electron chi connectivity index (χ2n) is 6.42. The van der Waals surface area contributed by atoms with E-state index in [1.165, 1.54) is 0 Å². The first-order valence-corrected chi connectivity index (χ1v) is 10.2. The molecule has 3 rings (SSSR count). The molecule has 2 N–H and O–H groups in total. The monoisotopic (exact) mass is 386 g/mol. The summed E-state index contributed by atoms with van der Waals surface area (Å²) >= 11 is 0. The number of H-pyrrole nitrogens is 1. The lowest BCUT2D eigenvalue weighted by atomic mass is 10.1. The highest BCUT2D eigenvalue weighted by molar-refractivity contribution is 7.91. The predicted octanol–water partition coefficient (Wildman–Crippen LogP) is 2.35. The van der Waals surface area contributed by atoms with Gasteiger partial charge < -0.3 is 15.2 Å². The highest BCUT2D eigenvalue weighted by Gasteiger charge is 2.12. The van der Waals surface area contributed by atoms with Gasteiger partial charge in [-0.05, 0) is 35.9 Å². The number of aromatic amines is 1. The van der Waals surface area contributed by atoms with Gasteiger partial charge in [-0.25, -0.2) is 13.4 Å². The zero-order valence-corrected chi connectivity index (χ0v) is 16.3. The molecule has 0 saturated carbocycles. The quantitative estimate of drug-likeness (QED) is 0.678. The largest absolute Gasteiger partial charge is 0.349 e. The number of amides is 1. The minimum absolute atomic E-state index is 0.0642. The van der Waals surface area contributed by atoms with E-state index < -0.39 is 9.84 Å². The lowest BCUT2D eigenvalue weighted by Crippen LogP contribution is -2.22. The Balaban J connectivity index is 1.69. The lowest BCUT2D eigenvalue weighted by Gasteiger charge is -2.07. The zero-order chi connectivity index (χ0) is 19.6. The third-order valence-corrected chi connectivity index (χ3v) is 6.02. The maximum absolute atomic E-state index is 12.4. The van der Waals surface area contributed by atoms with E-state index in [1.807, 2.05) is 19.0 Å². The van der Waals surface area contributed by atoms with Crippen molar-refractivity contribution in [3.05, 3.63) is 53.6 Å². The molecule has 27 heavy (non-hydrogen) atoms. The number of hydrogen-bond acceptors (Lipinski definition) is 5. The first-order valence-electron chi connectivity index (χ1n) is 8.57. The van der Waals surface area contributed by atoms with Crippen LogP contribution in [0.15, 0.2) is 47.4 Å². The van der Waals surface area contributed by atoms with E-state index in [1.54, 1.807) is 49.4 Å². The molecular weight excluding hydrogens is 364 g/mol. The molecule has 2 aromatic carbocycles. The maximum Gasteiger partial charge on any atom is 0.251 e. The van der Waals surface area contributed by atoms with Gasteiger partial charge in [-0.3, -0.25) is 4.79 Å². The molecule has 0 fully saturated rings. The molecule has 3 aromatic rings. The molecule has 1 amide bonds. The second-order valence-corrected chi connectivity index (χ2v) is 8.70. The highest BCUT2D eigenvalue weighted by atomic mass is 32.2. The van der Waals surface area contributed by atoms with Gasteiger partial charge in [0, 0.05) is 26.2 Å². The summed E-state index contributed by atoms with van der Waals surface area (Å²) in [5.41, 5.74) is 2.95. The average Bonchev–Trinajstić information content (AvgIpc) is 3.10. The van der Waals surface area contributed by atoms with E-state index in [4.69, 9.17) is 0 Å². The average molecular weight is 386 g/mol. The smallest absolute Gasteiger partial charge is 0.251 e. The number of fused-ring (bicyclic) bond motifs is 1. The highest BCUT2D eigenvalue weighted by Crippen LogP contribution is 2.18. The van der Waals surface area contributed by atoms with Crippen molar-refractivity contribution >= 4 is 32.7 Å². The Morgan fingerprint density at radius 1 is 1.15 bits per heavy atom. The van der Waals surface area contributed by atoms with Crippen LogP contribution in [0.3, 0.4) is 0 Å². The van der Waals surface area contributed by atoms with Crippen LogP contribution in [0.5, 0.6) is 0 Å². The van der Waals surface area contributed by atoms with Crippen molar-refractivity contribution < 1.29 is 13.2 Å². The van der Waals surface area contributed by atoms with Crippen LogP contribution in [0, 0.1) is 0 Å². The zero-order valence-electron chi connectivity index (χ0n) is 15.5. The Morgan fingerprint density at radius 2 is 1.85 bits per heavy atom. The van der Waals surface area contributed by atoms with Crippen molar-refractivity contribution in [2.24, 2.45) is 0 Å². The van der Waals surface area contributed by atoms with E-state index in [0.717, 1.165) is 22.5 Å². The van der Waals surface area contributed by atoms with Crippen LogP contribution in [-0.4, -0.2) is 44.1 Å². The van der Waals surface area contributed by atoms with Crippen molar-refractivity contribution in [3.63, 3.8) is 0 Å². The van der Waals surface area contributed by atoms with Crippen LogP contribution in [0.2, 0.25) is 0 Å². The summed E-state index contributed by atoms with van der Waals surface area (Å²) in [6.45, 7) is 1.93. The van der Waals surface area contributed by atoms with Crippen LogP contribution < -0.4 is 10.2 Å². The summed E-state index contributed by atoms with van der Waals surface area (Å²) in [6.07, 6.45) is 0. The molecule has 0 aliphatic heterocycles. The summed E-state index contributed by atoms with van der Waals surface area (Å²) in [5.74, 6) is 0.585. The number of carbonyl (C=O) groups excluding carboxylic acids is 1. The number of nitrogens with zero attached hydrogens (tertiary/aromatic N) is 2. The van der Waals surface area contributed by atoms with Gasteiger partial charge in [0.15, 0.2) is 9.84 Å². The molecule has 0 saturated heterocycles. The third-order valence-electron chi connectivity index (χ3n) is 4.27. The van der Waals surface area contributed by atoms with E-state index in [-0.39, 0.29) is 11.7 Å². The molecule has 1 heterocycles. The molecule has 0 bridgehead atoms. The maximum atomic E-state index is 12.4. The number of nitrogens with one attached hydrogen (secondary N) is 2. The Labute approximate surface area is 158 Å². The van der Waals surface area contributed by atoms with Crippen LogP contribution in [0.25, 0.3) is 11.0 Å². The van der Waals surface area contributed by atoms with Gasteiger partial charge >= 0.3 is 0 Å². The van der Waals surface area contributed by atoms with Crippen molar-refractivity contribution in [1.82, 2.24) is 15.3 Å². The summed E-state index contributed by atoms with van der Waals surface area (Å²) in [4.78, 5) is 22.2. The molecule has 0 aliphatic rings. The van der Waals surface area contributed by atoms with Crippen LogP contribution in [-0.2, 0) is 16.4 Å². The van der Waals surface area contributed by atoms with E-state index >= 15 is 0 Å². The number of sulfone groups is 1. The molecule has 1 aromatic heterocycles. The standard InChI is InChI=1S/C19H22N4O3S/c1-4-27(25,26)15-8-5-13(6-9-15)12-20-18(24)14-7-10-16-17(11-14)22-19(21-16)23(2)3/h5-11H,4,12H2,1-3H3,(H,20,24)(H,21,22). The minimum Gasteiger partial charge on any atom is -0.349 e. The van der Waals surface area contributed by atoms with Crippen molar-refractivity contribution in [3.8, 4) is 0 Å². The van der Waals surface area contributed by atoms with E-state index in [2.05, 4.69) is 15.3 Å². The molecule has 0 radical (unpaired) electrons. The Hall–Kier alpha value is -2.87. The fraction of sp³-hybridized carbons (Fsp3) is 0.263. The summed E-state index contributed by atoms with van der Waals surface area (Å²) in [7, 11) is 0.568. The summed E-state index contributed by atoms with van der Waals surface area (Å²) in [5, 5.41) is 2.85. The fourth-order valence-electron chi connectivity index (χ4n) is 2.61. The number of carbonyl (C=O) groups is 1. The van der Waals surface area contributed by atoms with E-state index in [0.29, 0.717) is 17.0 Å². The molecule has 8 heteroatoms. The third kappa shape index (κ3) is 4.11. The lowest BCUT2D eigenvalue weighted by molar-refractivity contribution is 0.0951. The molecule has 0 aliphatic carbocycles. The summed E-state index contributed by atoms with van der Waals surface area (Å²) < 4.78 is 23.7. The van der Waals surface area contributed by atoms with Crippen molar-refractivity contribution in [1.29, 1.82) is 0 Å². The van der Waals surface area contributed by atoms with E-state index in [9.17, 15) is 13.2 Å². The molecule has 7 nitrogen and oxygen atoms in total. The first-order chi connectivity index (χ1) is 12.8. The Morgan fingerprint density at radius 3 is 2.48 bits per heavy atom. The number of hydrogen-bond donors (Lipinski definition) is 2. The molecular formula is C19H22N4O3S. The first kappa shape index (κ1) is 18.9. The molecule has 0 spiro atoms. The van der Waals surface area contributed by atoms with Crippen LogP contribution in [0.4, 0.5) is 5.95 Å². The van der Waals surface area contributed by atoms with Crippen LogP contribution >= 0.6 is 0 Å². The molecule has 0 unspecified atom stereocenters. The van der Waals surface area contributed by atoms with Gasteiger partial charge in [0.2, 0.25) is 5.95 Å². The van der Waals surface area contributed by atoms with Gasteiger partial charge in [-0.1, -0.05) is 19.1 Å². The number of rotatable bonds is 6. The van der Waals surface area contributed by atoms with Crippen molar-refractivity contribution in [2.45, 2.75) is 18.4 Å². The number of imidazole rings is 1. The normalized spacial score (nSPS) is 11.5.